The molecule has 1 heterocycles. The highest BCUT2D eigenvalue weighted by atomic mass is 79.9. The number of allylic oxidation sites excluding steroid dienone is 1. The molecule has 1 atom stereocenters. The van der Waals surface area contributed by atoms with Gasteiger partial charge in [0.2, 0.25) is 6.35 Å². The zero-order chi connectivity index (χ0) is 8.27. The van der Waals surface area contributed by atoms with Gasteiger partial charge in [-0.1, -0.05) is 0 Å². The minimum Gasteiger partial charge on any atom is -0.340 e. The van der Waals surface area contributed by atoms with Crippen molar-refractivity contribution in [1.29, 1.82) is 0 Å². The summed E-state index contributed by atoms with van der Waals surface area (Å²) in [5, 5.41) is 2.84. The molecular weight excluding hydrogens is 212 g/mol. The molecule has 5 heteroatoms. The zero-order valence-corrected chi connectivity index (χ0v) is 7.67. The van der Waals surface area contributed by atoms with Gasteiger partial charge in [-0.2, -0.15) is 0 Å². The van der Waals surface area contributed by atoms with Crippen LogP contribution in [0.4, 0.5) is 0 Å². The van der Waals surface area contributed by atoms with Crippen LogP contribution < -0.4 is 5.32 Å². The highest BCUT2D eigenvalue weighted by Gasteiger charge is 2.20. The van der Waals surface area contributed by atoms with Crippen molar-refractivity contribution in [3.63, 3.8) is 0 Å². The van der Waals surface area contributed by atoms with E-state index in [0.29, 0.717) is 12.3 Å². The molecule has 1 rings (SSSR count). The molecule has 0 radical (unpaired) electrons. The van der Waals surface area contributed by atoms with Crippen LogP contribution in [-0.4, -0.2) is 23.2 Å². The van der Waals surface area contributed by atoms with Gasteiger partial charge in [0.1, 0.15) is 0 Å². The topological polar surface area (TPSA) is 41.6 Å². The second-order valence-corrected chi connectivity index (χ2v) is 2.82. The van der Waals surface area contributed by atoms with Crippen molar-refractivity contribution in [2.75, 3.05) is 6.61 Å². The predicted molar refractivity (Wildman–Crippen MR) is 43.5 cm³/mol. The molecule has 0 fully saturated rings. The Balaban J connectivity index is 2.47. The fourth-order valence-corrected chi connectivity index (χ4v) is 1.22. The van der Waals surface area contributed by atoms with E-state index in [1.54, 1.807) is 10.1 Å². The first-order valence-electron chi connectivity index (χ1n) is 3.27. The summed E-state index contributed by atoms with van der Waals surface area (Å²) in [5.74, 6) is 0. The zero-order valence-electron chi connectivity index (χ0n) is 6.08. The lowest BCUT2D eigenvalue weighted by atomic mass is 10.5. The summed E-state index contributed by atoms with van der Waals surface area (Å²) in [4.78, 5) is 10.3. The lowest BCUT2D eigenvalue weighted by Crippen LogP contribution is -2.33. The van der Waals surface area contributed by atoms with Gasteiger partial charge in [0.25, 0.3) is 0 Å². The summed E-state index contributed by atoms with van der Waals surface area (Å²) >= 11 is 3.20. The van der Waals surface area contributed by atoms with Gasteiger partial charge in [0.05, 0.1) is 21.8 Å². The number of nitrogens with zero attached hydrogens (tertiary/aromatic N) is 1. The van der Waals surface area contributed by atoms with Crippen LogP contribution >= 0.6 is 16.1 Å². The number of hydrogen-bond acceptors (Lipinski definition) is 4. The lowest BCUT2D eigenvalue weighted by molar-refractivity contribution is -0.105. The Morgan fingerprint density at radius 2 is 2.73 bits per heavy atom. The van der Waals surface area contributed by atoms with Gasteiger partial charge in [0, 0.05) is 12.8 Å². The Kier molecular flexibility index (Phi) is 2.90. The van der Waals surface area contributed by atoms with Crippen molar-refractivity contribution in [3.05, 3.63) is 11.9 Å². The Bertz CT molecular complexity index is 183. The first-order chi connectivity index (χ1) is 5.27. The summed E-state index contributed by atoms with van der Waals surface area (Å²) in [6.45, 7) is 2.49. The number of hydrogen-bond donors (Lipinski definition) is 1. The maximum atomic E-state index is 10.3. The largest absolute Gasteiger partial charge is 0.340 e. The molecule has 0 spiro atoms. The Morgan fingerprint density at radius 3 is 3.18 bits per heavy atom. The highest BCUT2D eigenvalue weighted by Crippen LogP contribution is 2.14. The first-order valence-corrected chi connectivity index (χ1v) is 3.98. The molecule has 0 aliphatic carbocycles. The second-order valence-electron chi connectivity index (χ2n) is 2.00. The molecule has 0 aromatic heterocycles. The van der Waals surface area contributed by atoms with Crippen LogP contribution in [0.3, 0.4) is 0 Å². The fraction of sp³-hybridized carbons (Fsp3) is 0.500. The molecule has 1 N–H and O–H groups in total. The summed E-state index contributed by atoms with van der Waals surface area (Å²) in [5.41, 5.74) is 0.514. The average Bonchev–Trinajstić information content (AvgIpc) is 2.33. The number of carbonyl (C=O) groups excluding carboxylic acids is 1. The minimum atomic E-state index is -0.264. The number of ether oxygens (including phenoxy) is 1. The van der Waals surface area contributed by atoms with Crippen LogP contribution in [0.5, 0.6) is 0 Å². The quantitative estimate of drug-likeness (QED) is 0.558. The Morgan fingerprint density at radius 1 is 2.00 bits per heavy atom. The normalized spacial score (nSPS) is 22.9. The molecule has 11 heavy (non-hydrogen) atoms. The second kappa shape index (κ2) is 3.73. The maximum absolute atomic E-state index is 10.3. The highest BCUT2D eigenvalue weighted by molar-refractivity contribution is 9.07. The molecule has 0 bridgehead atoms. The van der Waals surface area contributed by atoms with Crippen molar-refractivity contribution in [2.45, 2.75) is 13.3 Å². The molecule has 0 aromatic carbocycles. The van der Waals surface area contributed by atoms with E-state index in [2.05, 4.69) is 21.5 Å². The standard InChI is InChI=1S/C6H9BrN2O2/c1-2-11-6-8-5(4-10)3-9(6)7/h3-4,6,8H,2H2,1H3. The van der Waals surface area contributed by atoms with Gasteiger partial charge < -0.3 is 10.1 Å². The number of carbonyl (C=O) groups is 1. The number of rotatable bonds is 3. The van der Waals surface area contributed by atoms with E-state index in [0.717, 1.165) is 6.29 Å². The third kappa shape index (κ3) is 1.94. The number of halogens is 1. The molecule has 1 unspecified atom stereocenters. The van der Waals surface area contributed by atoms with Crippen LogP contribution in [0.1, 0.15) is 6.92 Å². The van der Waals surface area contributed by atoms with Gasteiger partial charge in [-0.05, 0) is 6.92 Å². The number of aldehydes is 1. The van der Waals surface area contributed by atoms with Gasteiger partial charge >= 0.3 is 0 Å². The fourth-order valence-electron chi connectivity index (χ4n) is 0.777. The van der Waals surface area contributed by atoms with E-state index >= 15 is 0 Å². The molecular formula is C6H9BrN2O2. The number of nitrogens with one attached hydrogen (secondary N) is 1. The molecule has 0 aromatic rings. The molecule has 4 nitrogen and oxygen atoms in total. The third-order valence-corrected chi connectivity index (χ3v) is 1.80. The van der Waals surface area contributed by atoms with E-state index in [1.807, 2.05) is 6.92 Å². The van der Waals surface area contributed by atoms with E-state index in [4.69, 9.17) is 4.74 Å². The van der Waals surface area contributed by atoms with E-state index in [1.165, 1.54) is 0 Å². The van der Waals surface area contributed by atoms with Crippen LogP contribution in [0.25, 0.3) is 0 Å². The average molecular weight is 221 g/mol. The van der Waals surface area contributed by atoms with Crippen molar-refractivity contribution in [3.8, 4) is 0 Å². The van der Waals surface area contributed by atoms with Crippen LogP contribution in [0.2, 0.25) is 0 Å². The monoisotopic (exact) mass is 220 g/mol. The van der Waals surface area contributed by atoms with Gasteiger partial charge in [-0.3, -0.25) is 8.72 Å². The summed E-state index contributed by atoms with van der Waals surface area (Å²) in [6, 6.07) is 0. The predicted octanol–water partition coefficient (Wildman–Crippen LogP) is 0.562. The minimum absolute atomic E-state index is 0.264. The Hall–Kier alpha value is -0.550. The van der Waals surface area contributed by atoms with Crippen molar-refractivity contribution in [2.24, 2.45) is 0 Å². The molecule has 1 aliphatic rings. The van der Waals surface area contributed by atoms with Gasteiger partial charge in [-0.25, -0.2) is 0 Å². The van der Waals surface area contributed by atoms with Gasteiger partial charge in [0.15, 0.2) is 6.29 Å². The lowest BCUT2D eigenvalue weighted by Gasteiger charge is -2.17. The van der Waals surface area contributed by atoms with Gasteiger partial charge in [-0.15, -0.1) is 0 Å². The molecule has 0 saturated heterocycles. The van der Waals surface area contributed by atoms with Crippen LogP contribution in [-0.2, 0) is 9.53 Å². The van der Waals surface area contributed by atoms with E-state index in [9.17, 15) is 4.79 Å². The van der Waals surface area contributed by atoms with Crippen LogP contribution in [0.15, 0.2) is 11.9 Å². The van der Waals surface area contributed by atoms with Crippen LogP contribution in [0, 0.1) is 0 Å². The van der Waals surface area contributed by atoms with E-state index < -0.39 is 0 Å². The summed E-state index contributed by atoms with van der Waals surface area (Å²) in [7, 11) is 0. The summed E-state index contributed by atoms with van der Waals surface area (Å²) in [6.07, 6.45) is 2.11. The van der Waals surface area contributed by atoms with Crippen molar-refractivity contribution < 1.29 is 9.53 Å². The molecule has 62 valence electrons. The molecule has 0 saturated carbocycles. The summed E-state index contributed by atoms with van der Waals surface area (Å²) < 4.78 is 6.83. The first kappa shape index (κ1) is 8.55. The van der Waals surface area contributed by atoms with Crippen molar-refractivity contribution >= 4 is 22.4 Å². The maximum Gasteiger partial charge on any atom is 0.217 e. The smallest absolute Gasteiger partial charge is 0.217 e. The molecule has 0 amide bonds. The SMILES string of the molecule is CCOC1NC(C=O)=CN1Br. The third-order valence-electron chi connectivity index (χ3n) is 1.23. The van der Waals surface area contributed by atoms with E-state index in [-0.39, 0.29) is 6.35 Å². The van der Waals surface area contributed by atoms with Crippen molar-refractivity contribution in [1.82, 2.24) is 9.24 Å². The molecule has 1 aliphatic heterocycles. The Labute approximate surface area is 73.5 Å².